The van der Waals surface area contributed by atoms with Gasteiger partial charge in [-0.2, -0.15) is 0 Å². The molecule has 1 aromatic carbocycles. The van der Waals surface area contributed by atoms with Crippen molar-refractivity contribution in [1.29, 1.82) is 0 Å². The molecule has 96 valence electrons. The van der Waals surface area contributed by atoms with Gasteiger partial charge in [-0.05, 0) is 37.4 Å². The van der Waals surface area contributed by atoms with Crippen LogP contribution in [0.4, 0.5) is 0 Å². The number of hydrogen-bond donors (Lipinski definition) is 2. The summed E-state index contributed by atoms with van der Waals surface area (Å²) in [5, 5.41) is 12.5. The Morgan fingerprint density at radius 2 is 1.88 bits per heavy atom. The third-order valence-electron chi connectivity index (χ3n) is 2.64. The predicted molar refractivity (Wildman–Crippen MR) is 69.8 cm³/mol. The van der Waals surface area contributed by atoms with Crippen LogP contribution in [0.2, 0.25) is 0 Å². The summed E-state index contributed by atoms with van der Waals surface area (Å²) in [6.07, 6.45) is 1.68. The summed E-state index contributed by atoms with van der Waals surface area (Å²) in [4.78, 5) is 0. The maximum atomic E-state index is 9.11. The molecule has 0 bridgehead atoms. The van der Waals surface area contributed by atoms with Crippen LogP contribution in [0, 0.1) is 0 Å². The van der Waals surface area contributed by atoms with Gasteiger partial charge in [0.05, 0.1) is 12.7 Å². The SMILES string of the molecule is COCc1ccc(CNCCCC(C)O)cc1. The molecule has 0 heterocycles. The number of ether oxygens (including phenoxy) is 1. The van der Waals surface area contributed by atoms with E-state index in [1.165, 1.54) is 11.1 Å². The smallest absolute Gasteiger partial charge is 0.0713 e. The molecular formula is C14H23NO2. The van der Waals surface area contributed by atoms with Crippen LogP contribution < -0.4 is 5.32 Å². The highest BCUT2D eigenvalue weighted by atomic mass is 16.5. The lowest BCUT2D eigenvalue weighted by Crippen LogP contribution is -2.16. The number of hydrogen-bond acceptors (Lipinski definition) is 3. The van der Waals surface area contributed by atoms with Crippen LogP contribution in [0.3, 0.4) is 0 Å². The number of benzene rings is 1. The normalized spacial score (nSPS) is 12.6. The molecule has 0 fully saturated rings. The summed E-state index contributed by atoms with van der Waals surface area (Å²) in [6.45, 7) is 4.33. The second-order valence-electron chi connectivity index (χ2n) is 4.42. The molecule has 1 rings (SSSR count). The first-order valence-electron chi connectivity index (χ1n) is 6.18. The van der Waals surface area contributed by atoms with Gasteiger partial charge in [-0.25, -0.2) is 0 Å². The number of rotatable bonds is 8. The highest BCUT2D eigenvalue weighted by Crippen LogP contribution is 2.05. The van der Waals surface area contributed by atoms with Crippen molar-refractivity contribution in [3.05, 3.63) is 35.4 Å². The molecule has 1 atom stereocenters. The van der Waals surface area contributed by atoms with Crippen LogP contribution in [0.15, 0.2) is 24.3 Å². The van der Waals surface area contributed by atoms with E-state index in [1.54, 1.807) is 7.11 Å². The van der Waals surface area contributed by atoms with Crippen LogP contribution in [0.1, 0.15) is 30.9 Å². The van der Waals surface area contributed by atoms with E-state index in [0.29, 0.717) is 6.61 Å². The van der Waals surface area contributed by atoms with Gasteiger partial charge in [0.25, 0.3) is 0 Å². The minimum absolute atomic E-state index is 0.190. The van der Waals surface area contributed by atoms with Crippen LogP contribution in [0.5, 0.6) is 0 Å². The monoisotopic (exact) mass is 237 g/mol. The van der Waals surface area contributed by atoms with Gasteiger partial charge < -0.3 is 15.2 Å². The lowest BCUT2D eigenvalue weighted by Gasteiger charge is -2.07. The van der Waals surface area contributed by atoms with Gasteiger partial charge in [0.15, 0.2) is 0 Å². The Balaban J connectivity index is 2.18. The Hall–Kier alpha value is -0.900. The molecule has 3 nitrogen and oxygen atoms in total. The van der Waals surface area contributed by atoms with Crippen LogP contribution in [-0.2, 0) is 17.9 Å². The maximum absolute atomic E-state index is 9.11. The number of methoxy groups -OCH3 is 1. The van der Waals surface area contributed by atoms with Crippen molar-refractivity contribution in [3.8, 4) is 0 Å². The Bertz CT molecular complexity index is 296. The standard InChI is InChI=1S/C14H23NO2/c1-12(16)4-3-9-15-10-13-5-7-14(8-6-13)11-17-2/h5-8,12,15-16H,3-4,9-11H2,1-2H3. The van der Waals surface area contributed by atoms with Crippen molar-refractivity contribution in [3.63, 3.8) is 0 Å². The molecule has 0 aliphatic carbocycles. The molecule has 1 unspecified atom stereocenters. The predicted octanol–water partition coefficient (Wildman–Crippen LogP) is 2.08. The van der Waals surface area contributed by atoms with Crippen molar-refractivity contribution >= 4 is 0 Å². The molecule has 0 saturated heterocycles. The molecule has 1 aromatic rings. The summed E-state index contributed by atoms with van der Waals surface area (Å²) in [5.74, 6) is 0. The van der Waals surface area contributed by atoms with E-state index < -0.39 is 0 Å². The van der Waals surface area contributed by atoms with Crippen molar-refractivity contribution in [1.82, 2.24) is 5.32 Å². The minimum atomic E-state index is -0.190. The summed E-state index contributed by atoms with van der Waals surface area (Å²) in [7, 11) is 1.71. The van der Waals surface area contributed by atoms with Crippen LogP contribution in [-0.4, -0.2) is 24.9 Å². The zero-order chi connectivity index (χ0) is 12.5. The van der Waals surface area contributed by atoms with E-state index in [2.05, 4.69) is 29.6 Å². The van der Waals surface area contributed by atoms with Gasteiger partial charge in [0.2, 0.25) is 0 Å². The topological polar surface area (TPSA) is 41.5 Å². The van der Waals surface area contributed by atoms with Crippen molar-refractivity contribution in [2.75, 3.05) is 13.7 Å². The zero-order valence-corrected chi connectivity index (χ0v) is 10.8. The molecule has 0 saturated carbocycles. The average Bonchev–Trinajstić information content (AvgIpc) is 2.31. The molecule has 3 heteroatoms. The van der Waals surface area contributed by atoms with E-state index in [-0.39, 0.29) is 6.10 Å². The molecule has 0 aliphatic rings. The lowest BCUT2D eigenvalue weighted by molar-refractivity contribution is 0.181. The van der Waals surface area contributed by atoms with Crippen molar-refractivity contribution < 1.29 is 9.84 Å². The third kappa shape index (κ3) is 6.41. The first-order valence-corrected chi connectivity index (χ1v) is 6.18. The summed E-state index contributed by atoms with van der Waals surface area (Å²) in [6, 6.07) is 8.43. The van der Waals surface area contributed by atoms with Gasteiger partial charge in [0.1, 0.15) is 0 Å². The number of nitrogens with one attached hydrogen (secondary N) is 1. The molecule has 2 N–H and O–H groups in total. The summed E-state index contributed by atoms with van der Waals surface area (Å²) >= 11 is 0. The summed E-state index contributed by atoms with van der Waals surface area (Å²) < 4.78 is 5.06. The average molecular weight is 237 g/mol. The highest BCUT2D eigenvalue weighted by Gasteiger charge is 1.96. The fourth-order valence-electron chi connectivity index (χ4n) is 1.68. The van der Waals surface area contributed by atoms with Crippen molar-refractivity contribution in [2.24, 2.45) is 0 Å². The molecule has 0 amide bonds. The number of aliphatic hydroxyl groups excluding tert-OH is 1. The zero-order valence-electron chi connectivity index (χ0n) is 10.8. The Labute approximate surface area is 104 Å². The largest absolute Gasteiger partial charge is 0.393 e. The second kappa shape index (κ2) is 8.23. The van der Waals surface area contributed by atoms with E-state index >= 15 is 0 Å². The quantitative estimate of drug-likeness (QED) is 0.680. The molecule has 0 radical (unpaired) electrons. The molecule has 0 aliphatic heterocycles. The first-order chi connectivity index (χ1) is 8.22. The molecular weight excluding hydrogens is 214 g/mol. The summed E-state index contributed by atoms with van der Waals surface area (Å²) in [5.41, 5.74) is 2.48. The van der Waals surface area contributed by atoms with Gasteiger partial charge in [0, 0.05) is 13.7 Å². The van der Waals surface area contributed by atoms with Gasteiger partial charge in [-0.3, -0.25) is 0 Å². The fraction of sp³-hybridized carbons (Fsp3) is 0.571. The van der Waals surface area contributed by atoms with E-state index in [4.69, 9.17) is 9.84 Å². The van der Waals surface area contributed by atoms with Gasteiger partial charge >= 0.3 is 0 Å². The Kier molecular flexibility index (Phi) is 6.86. The van der Waals surface area contributed by atoms with Gasteiger partial charge in [-0.1, -0.05) is 24.3 Å². The maximum Gasteiger partial charge on any atom is 0.0713 e. The Morgan fingerprint density at radius 1 is 1.24 bits per heavy atom. The van der Waals surface area contributed by atoms with Crippen LogP contribution >= 0.6 is 0 Å². The van der Waals surface area contributed by atoms with E-state index in [9.17, 15) is 0 Å². The molecule has 0 spiro atoms. The van der Waals surface area contributed by atoms with E-state index in [0.717, 1.165) is 25.9 Å². The van der Waals surface area contributed by atoms with E-state index in [1.807, 2.05) is 6.92 Å². The molecule has 0 aromatic heterocycles. The fourth-order valence-corrected chi connectivity index (χ4v) is 1.68. The van der Waals surface area contributed by atoms with Gasteiger partial charge in [-0.15, -0.1) is 0 Å². The second-order valence-corrected chi connectivity index (χ2v) is 4.42. The van der Waals surface area contributed by atoms with Crippen LogP contribution in [0.25, 0.3) is 0 Å². The minimum Gasteiger partial charge on any atom is -0.393 e. The van der Waals surface area contributed by atoms with Crippen molar-refractivity contribution in [2.45, 2.75) is 39.0 Å². The lowest BCUT2D eigenvalue weighted by atomic mass is 10.1. The molecule has 17 heavy (non-hydrogen) atoms. The first kappa shape index (κ1) is 14.2. The highest BCUT2D eigenvalue weighted by molar-refractivity contribution is 5.21. The third-order valence-corrected chi connectivity index (χ3v) is 2.64. The number of aliphatic hydroxyl groups is 1. The Morgan fingerprint density at radius 3 is 2.47 bits per heavy atom.